The van der Waals surface area contributed by atoms with Gasteiger partial charge in [-0.1, -0.05) is 18.2 Å². The summed E-state index contributed by atoms with van der Waals surface area (Å²) in [4.78, 5) is 0. The fraction of sp³-hybridized carbons (Fsp3) is 0.333. The first-order valence-corrected chi connectivity index (χ1v) is 7.07. The Morgan fingerprint density at radius 2 is 2.24 bits per heavy atom. The van der Waals surface area contributed by atoms with Crippen LogP contribution in [0.2, 0.25) is 0 Å². The second-order valence-corrected chi connectivity index (χ2v) is 6.16. The monoisotopic (exact) mass is 255 g/mol. The first-order chi connectivity index (χ1) is 7.96. The summed E-state index contributed by atoms with van der Waals surface area (Å²) in [5, 5.41) is 4.35. The molecule has 0 amide bonds. The maximum Gasteiger partial charge on any atom is 0.173 e. The van der Waals surface area contributed by atoms with E-state index in [0.717, 1.165) is 5.56 Å². The molecule has 0 aromatic heterocycles. The highest BCUT2D eigenvalue weighted by atomic mass is 32.2. The number of halogens is 1. The van der Waals surface area contributed by atoms with Crippen LogP contribution in [0.4, 0.5) is 4.39 Å². The van der Waals surface area contributed by atoms with Gasteiger partial charge in [-0.15, -0.1) is 0 Å². The molecule has 1 atom stereocenters. The summed E-state index contributed by atoms with van der Waals surface area (Å²) >= 11 is 0. The molecule has 92 valence electrons. The van der Waals surface area contributed by atoms with Crippen molar-refractivity contribution >= 4 is 9.84 Å². The molecular formula is C12H14FNO2S. The fourth-order valence-electron chi connectivity index (χ4n) is 1.77. The zero-order valence-electron chi connectivity index (χ0n) is 9.48. The van der Waals surface area contributed by atoms with E-state index in [1.54, 1.807) is 25.1 Å². The molecule has 1 heterocycles. The van der Waals surface area contributed by atoms with E-state index in [1.165, 1.54) is 11.5 Å². The zero-order chi connectivity index (χ0) is 12.5. The van der Waals surface area contributed by atoms with Crippen LogP contribution in [0.1, 0.15) is 11.1 Å². The third kappa shape index (κ3) is 3.14. The van der Waals surface area contributed by atoms with Crippen LogP contribution in [0.15, 0.2) is 29.7 Å². The van der Waals surface area contributed by atoms with Crippen LogP contribution in [0.3, 0.4) is 0 Å². The summed E-state index contributed by atoms with van der Waals surface area (Å²) in [7, 11) is -3.02. The van der Waals surface area contributed by atoms with Crippen LogP contribution in [0.5, 0.6) is 0 Å². The summed E-state index contributed by atoms with van der Waals surface area (Å²) in [6.45, 7) is 2.24. The molecule has 0 bridgehead atoms. The number of benzene rings is 1. The highest BCUT2D eigenvalue weighted by molar-refractivity contribution is 7.94. The molecule has 0 aliphatic carbocycles. The lowest BCUT2D eigenvalue weighted by Crippen LogP contribution is -2.29. The van der Waals surface area contributed by atoms with Crippen LogP contribution in [-0.2, 0) is 16.4 Å². The lowest BCUT2D eigenvalue weighted by atomic mass is 10.1. The predicted molar refractivity (Wildman–Crippen MR) is 64.7 cm³/mol. The van der Waals surface area contributed by atoms with Crippen molar-refractivity contribution in [2.24, 2.45) is 0 Å². The minimum atomic E-state index is -3.02. The van der Waals surface area contributed by atoms with Gasteiger partial charge < -0.3 is 5.32 Å². The number of hydrogen-bond donors (Lipinski definition) is 1. The van der Waals surface area contributed by atoms with Gasteiger partial charge in [-0.05, 0) is 24.1 Å². The average molecular weight is 255 g/mol. The number of hydrogen-bond acceptors (Lipinski definition) is 3. The van der Waals surface area contributed by atoms with Gasteiger partial charge in [-0.2, -0.15) is 0 Å². The molecule has 1 aromatic carbocycles. The molecule has 1 aromatic rings. The number of nitrogens with one attached hydrogen (secondary N) is 1. The maximum atomic E-state index is 13.0. The van der Waals surface area contributed by atoms with E-state index in [4.69, 9.17) is 0 Å². The van der Waals surface area contributed by atoms with Crippen molar-refractivity contribution in [1.29, 1.82) is 0 Å². The van der Waals surface area contributed by atoms with Crippen LogP contribution in [0.25, 0.3) is 0 Å². The normalized spacial score (nSPS) is 21.9. The van der Waals surface area contributed by atoms with E-state index in [-0.39, 0.29) is 17.6 Å². The third-order valence-electron chi connectivity index (χ3n) is 2.72. The maximum absolute atomic E-state index is 13.0. The first kappa shape index (κ1) is 12.3. The van der Waals surface area contributed by atoms with E-state index in [0.29, 0.717) is 12.1 Å². The standard InChI is InChI=1S/C12H14FNO2S/c1-9-6-10(2-3-12(9)13)7-14-11-4-5-17(15,16)8-11/h2-6,11,14H,7-8H2,1H3. The molecule has 0 saturated carbocycles. The predicted octanol–water partition coefficient (Wildman–Crippen LogP) is 1.53. The quantitative estimate of drug-likeness (QED) is 0.891. The second kappa shape index (κ2) is 4.58. The number of rotatable bonds is 3. The summed E-state index contributed by atoms with van der Waals surface area (Å²) in [5.41, 5.74) is 1.54. The van der Waals surface area contributed by atoms with Crippen molar-refractivity contribution in [2.45, 2.75) is 19.5 Å². The molecule has 1 aliphatic heterocycles. The molecule has 3 nitrogen and oxygen atoms in total. The molecule has 1 unspecified atom stereocenters. The van der Waals surface area contributed by atoms with E-state index >= 15 is 0 Å². The molecule has 0 radical (unpaired) electrons. The second-order valence-electron chi connectivity index (χ2n) is 4.23. The molecule has 0 saturated heterocycles. The van der Waals surface area contributed by atoms with Gasteiger partial charge in [0.1, 0.15) is 5.82 Å². The Labute approximate surface area is 100 Å². The molecule has 0 spiro atoms. The zero-order valence-corrected chi connectivity index (χ0v) is 10.3. The van der Waals surface area contributed by atoms with Crippen molar-refractivity contribution < 1.29 is 12.8 Å². The molecular weight excluding hydrogens is 241 g/mol. The van der Waals surface area contributed by atoms with E-state index < -0.39 is 9.84 Å². The van der Waals surface area contributed by atoms with E-state index in [2.05, 4.69) is 5.32 Å². The van der Waals surface area contributed by atoms with Crippen LogP contribution < -0.4 is 5.32 Å². The Morgan fingerprint density at radius 1 is 1.47 bits per heavy atom. The summed E-state index contributed by atoms with van der Waals surface area (Å²) in [6.07, 6.45) is 1.64. The van der Waals surface area contributed by atoms with Gasteiger partial charge in [0, 0.05) is 18.0 Å². The molecule has 1 N–H and O–H groups in total. The largest absolute Gasteiger partial charge is 0.305 e. The first-order valence-electron chi connectivity index (χ1n) is 5.36. The Bertz CT molecular complexity index is 552. The lowest BCUT2D eigenvalue weighted by Gasteiger charge is -2.10. The van der Waals surface area contributed by atoms with Crippen molar-refractivity contribution in [3.05, 3.63) is 46.6 Å². The van der Waals surface area contributed by atoms with Gasteiger partial charge in [0.05, 0.1) is 5.75 Å². The highest BCUT2D eigenvalue weighted by Crippen LogP contribution is 2.11. The molecule has 2 rings (SSSR count). The summed E-state index contributed by atoms with van der Waals surface area (Å²) in [5.74, 6) is -0.121. The van der Waals surface area contributed by atoms with Gasteiger partial charge >= 0.3 is 0 Å². The summed E-state index contributed by atoms with van der Waals surface area (Å²) in [6, 6.07) is 4.73. The number of sulfone groups is 1. The number of aryl methyl sites for hydroxylation is 1. The Hall–Kier alpha value is -1.20. The molecule has 1 aliphatic rings. The van der Waals surface area contributed by atoms with Gasteiger partial charge in [-0.25, -0.2) is 12.8 Å². The van der Waals surface area contributed by atoms with Crippen LogP contribution in [-0.4, -0.2) is 20.2 Å². The van der Waals surface area contributed by atoms with Crippen molar-refractivity contribution in [1.82, 2.24) is 5.32 Å². The van der Waals surface area contributed by atoms with E-state index in [1.807, 2.05) is 0 Å². The van der Waals surface area contributed by atoms with Crippen molar-refractivity contribution in [3.63, 3.8) is 0 Å². The van der Waals surface area contributed by atoms with Gasteiger partial charge in [0.15, 0.2) is 9.84 Å². The highest BCUT2D eigenvalue weighted by Gasteiger charge is 2.20. The van der Waals surface area contributed by atoms with Crippen molar-refractivity contribution in [2.75, 3.05) is 5.75 Å². The van der Waals surface area contributed by atoms with Gasteiger partial charge in [0.25, 0.3) is 0 Å². The fourth-order valence-corrected chi connectivity index (χ4v) is 3.04. The van der Waals surface area contributed by atoms with Crippen molar-refractivity contribution in [3.8, 4) is 0 Å². The Balaban J connectivity index is 1.95. The summed E-state index contributed by atoms with van der Waals surface area (Å²) < 4.78 is 35.4. The van der Waals surface area contributed by atoms with Gasteiger partial charge in [0.2, 0.25) is 0 Å². The molecule has 0 fully saturated rings. The molecule has 5 heteroatoms. The minimum Gasteiger partial charge on any atom is -0.305 e. The smallest absolute Gasteiger partial charge is 0.173 e. The topological polar surface area (TPSA) is 46.2 Å². The Kier molecular flexibility index (Phi) is 3.31. The lowest BCUT2D eigenvalue weighted by molar-refractivity contribution is 0.589. The third-order valence-corrected chi connectivity index (χ3v) is 4.12. The van der Waals surface area contributed by atoms with E-state index in [9.17, 15) is 12.8 Å². The van der Waals surface area contributed by atoms with Gasteiger partial charge in [-0.3, -0.25) is 0 Å². The SMILES string of the molecule is Cc1cc(CNC2C=CS(=O)(=O)C2)ccc1F. The Morgan fingerprint density at radius 3 is 2.82 bits per heavy atom. The van der Waals surface area contributed by atoms with Crippen LogP contribution >= 0.6 is 0 Å². The molecule has 17 heavy (non-hydrogen) atoms. The minimum absolute atomic E-state index is 0.104. The van der Waals surface area contributed by atoms with Crippen LogP contribution in [0, 0.1) is 12.7 Å². The average Bonchev–Trinajstić information content (AvgIpc) is 2.60.